The topological polar surface area (TPSA) is 53.1 Å². The number of rotatable bonds is 5. The van der Waals surface area contributed by atoms with E-state index in [2.05, 4.69) is 20.6 Å². The molecule has 0 fully saturated rings. The molecule has 0 saturated heterocycles. The molecular formula is C15H18F3N5. The summed E-state index contributed by atoms with van der Waals surface area (Å²) >= 11 is 0. The van der Waals surface area contributed by atoms with E-state index in [-0.39, 0.29) is 12.1 Å². The third-order valence-corrected chi connectivity index (χ3v) is 3.10. The number of hydrogen-bond donors (Lipinski definition) is 2. The van der Waals surface area contributed by atoms with E-state index in [1.165, 1.54) is 12.4 Å². The molecule has 2 rings (SSSR count). The standard InChI is InChI=1S/C15H18F3N5/c1-19-13-7-14(21-9-20-13)22-11-5-4-10(8-23(2)3)12(6-11)15(16,17)18/h4-7,9H,8H2,1-3H3,(H2,19,20,21,22). The van der Waals surface area contributed by atoms with Crippen molar-refractivity contribution in [3.05, 3.63) is 41.7 Å². The van der Waals surface area contributed by atoms with Crippen LogP contribution in [0.15, 0.2) is 30.6 Å². The molecule has 0 aliphatic carbocycles. The van der Waals surface area contributed by atoms with Crippen molar-refractivity contribution in [3.63, 3.8) is 0 Å². The van der Waals surface area contributed by atoms with Gasteiger partial charge in [0.25, 0.3) is 0 Å². The molecule has 1 aromatic carbocycles. The van der Waals surface area contributed by atoms with Gasteiger partial charge in [-0.3, -0.25) is 0 Å². The number of benzene rings is 1. The van der Waals surface area contributed by atoms with E-state index in [0.29, 0.717) is 17.3 Å². The molecule has 0 amide bonds. The molecule has 0 radical (unpaired) electrons. The molecule has 2 N–H and O–H groups in total. The summed E-state index contributed by atoms with van der Waals surface area (Å²) in [5.74, 6) is 0.987. The smallest absolute Gasteiger partial charge is 0.373 e. The Balaban J connectivity index is 2.33. The van der Waals surface area contributed by atoms with Crippen LogP contribution in [0.1, 0.15) is 11.1 Å². The van der Waals surface area contributed by atoms with Gasteiger partial charge in [0.1, 0.15) is 18.0 Å². The lowest BCUT2D eigenvalue weighted by molar-refractivity contribution is -0.138. The molecule has 0 spiro atoms. The van der Waals surface area contributed by atoms with Gasteiger partial charge in [0, 0.05) is 25.3 Å². The first-order chi connectivity index (χ1) is 10.8. The Morgan fingerprint density at radius 1 is 1.09 bits per heavy atom. The molecule has 1 aromatic heterocycles. The highest BCUT2D eigenvalue weighted by Crippen LogP contribution is 2.34. The van der Waals surface area contributed by atoms with Crippen LogP contribution in [0.4, 0.5) is 30.5 Å². The lowest BCUT2D eigenvalue weighted by Crippen LogP contribution is -2.16. The van der Waals surface area contributed by atoms with Crippen LogP contribution in [0.5, 0.6) is 0 Å². The predicted molar refractivity (Wildman–Crippen MR) is 83.7 cm³/mol. The van der Waals surface area contributed by atoms with Crippen LogP contribution in [-0.2, 0) is 12.7 Å². The highest BCUT2D eigenvalue weighted by molar-refractivity contribution is 5.60. The molecule has 5 nitrogen and oxygen atoms in total. The third-order valence-electron chi connectivity index (χ3n) is 3.10. The van der Waals surface area contributed by atoms with E-state index in [4.69, 9.17) is 0 Å². The number of halogens is 3. The maximum absolute atomic E-state index is 13.3. The molecule has 0 saturated carbocycles. The molecule has 0 aliphatic heterocycles. The summed E-state index contributed by atoms with van der Waals surface area (Å²) in [6.07, 6.45) is -3.08. The Labute approximate surface area is 132 Å². The van der Waals surface area contributed by atoms with Gasteiger partial charge >= 0.3 is 6.18 Å². The average molecular weight is 325 g/mol. The van der Waals surface area contributed by atoms with Crippen LogP contribution in [0, 0.1) is 0 Å². The largest absolute Gasteiger partial charge is 0.416 e. The minimum atomic E-state index is -4.41. The Bertz CT molecular complexity index is 670. The molecule has 0 bridgehead atoms. The number of nitrogens with one attached hydrogen (secondary N) is 2. The molecule has 0 unspecified atom stereocenters. The van der Waals surface area contributed by atoms with Crippen molar-refractivity contribution in [3.8, 4) is 0 Å². The highest BCUT2D eigenvalue weighted by atomic mass is 19.4. The van der Waals surface area contributed by atoms with Gasteiger partial charge in [-0.1, -0.05) is 6.07 Å². The molecule has 124 valence electrons. The summed E-state index contributed by atoms with van der Waals surface area (Å²) in [4.78, 5) is 9.64. The van der Waals surface area contributed by atoms with Crippen LogP contribution in [0.25, 0.3) is 0 Å². The maximum Gasteiger partial charge on any atom is 0.416 e. The fourth-order valence-corrected chi connectivity index (χ4v) is 2.11. The second-order valence-corrected chi connectivity index (χ2v) is 5.27. The van der Waals surface area contributed by atoms with Crippen molar-refractivity contribution in [2.24, 2.45) is 0 Å². The van der Waals surface area contributed by atoms with Crippen molar-refractivity contribution in [2.75, 3.05) is 31.8 Å². The van der Waals surface area contributed by atoms with E-state index in [9.17, 15) is 13.2 Å². The summed E-state index contributed by atoms with van der Waals surface area (Å²) in [7, 11) is 5.16. The van der Waals surface area contributed by atoms with Crippen LogP contribution in [0.3, 0.4) is 0 Å². The first-order valence-electron chi connectivity index (χ1n) is 6.91. The quantitative estimate of drug-likeness (QED) is 0.883. The van der Waals surface area contributed by atoms with Gasteiger partial charge in [0.15, 0.2) is 0 Å². The molecule has 0 aliphatic rings. The maximum atomic E-state index is 13.3. The van der Waals surface area contributed by atoms with Gasteiger partial charge in [-0.15, -0.1) is 0 Å². The van der Waals surface area contributed by atoms with Crippen molar-refractivity contribution in [1.82, 2.24) is 14.9 Å². The van der Waals surface area contributed by atoms with Crippen LogP contribution < -0.4 is 10.6 Å². The van der Waals surface area contributed by atoms with Crippen LogP contribution in [-0.4, -0.2) is 36.0 Å². The molecule has 1 heterocycles. The van der Waals surface area contributed by atoms with Gasteiger partial charge in [-0.2, -0.15) is 13.2 Å². The van der Waals surface area contributed by atoms with E-state index in [1.807, 2.05) is 0 Å². The molecule has 8 heteroatoms. The van der Waals surface area contributed by atoms with Gasteiger partial charge in [0.2, 0.25) is 0 Å². The Kier molecular flexibility index (Phi) is 5.05. The number of aromatic nitrogens is 2. The number of nitrogens with zero attached hydrogens (tertiary/aromatic N) is 3. The van der Waals surface area contributed by atoms with Crippen LogP contribution >= 0.6 is 0 Å². The first-order valence-corrected chi connectivity index (χ1v) is 6.91. The predicted octanol–water partition coefficient (Wildman–Crippen LogP) is 3.34. The van der Waals surface area contributed by atoms with E-state index < -0.39 is 11.7 Å². The minimum Gasteiger partial charge on any atom is -0.373 e. The number of hydrogen-bond acceptors (Lipinski definition) is 5. The highest BCUT2D eigenvalue weighted by Gasteiger charge is 2.33. The summed E-state index contributed by atoms with van der Waals surface area (Å²) in [6, 6.07) is 5.79. The van der Waals surface area contributed by atoms with E-state index in [1.54, 1.807) is 38.2 Å². The number of alkyl halides is 3. The summed E-state index contributed by atoms with van der Waals surface area (Å²) in [6.45, 7) is 0.215. The molecular weight excluding hydrogens is 307 g/mol. The van der Waals surface area contributed by atoms with Crippen molar-refractivity contribution in [1.29, 1.82) is 0 Å². The van der Waals surface area contributed by atoms with E-state index >= 15 is 0 Å². The van der Waals surface area contributed by atoms with Gasteiger partial charge in [-0.25, -0.2) is 9.97 Å². The minimum absolute atomic E-state index is 0.215. The SMILES string of the molecule is CNc1cc(Nc2ccc(CN(C)C)c(C(F)(F)F)c2)ncn1. The Morgan fingerprint density at radius 2 is 1.78 bits per heavy atom. The second kappa shape index (κ2) is 6.82. The fraction of sp³-hybridized carbons (Fsp3) is 0.333. The monoisotopic (exact) mass is 325 g/mol. The fourth-order valence-electron chi connectivity index (χ4n) is 2.11. The molecule has 2 aromatic rings. The Morgan fingerprint density at radius 3 is 2.39 bits per heavy atom. The zero-order valence-electron chi connectivity index (χ0n) is 13.1. The van der Waals surface area contributed by atoms with E-state index in [0.717, 1.165) is 6.07 Å². The second-order valence-electron chi connectivity index (χ2n) is 5.27. The Hall–Kier alpha value is -2.35. The van der Waals surface area contributed by atoms with Crippen molar-refractivity contribution >= 4 is 17.3 Å². The molecule has 0 atom stereocenters. The lowest BCUT2D eigenvalue weighted by Gasteiger charge is -2.18. The normalized spacial score (nSPS) is 11.6. The summed E-state index contributed by atoms with van der Waals surface area (Å²) in [5.41, 5.74) is -0.105. The zero-order valence-corrected chi connectivity index (χ0v) is 13.1. The van der Waals surface area contributed by atoms with Crippen molar-refractivity contribution < 1.29 is 13.2 Å². The van der Waals surface area contributed by atoms with Crippen molar-refractivity contribution in [2.45, 2.75) is 12.7 Å². The summed E-state index contributed by atoms with van der Waals surface area (Å²) < 4.78 is 39.8. The third kappa shape index (κ3) is 4.56. The lowest BCUT2D eigenvalue weighted by atomic mass is 10.1. The average Bonchev–Trinajstić information content (AvgIpc) is 2.47. The van der Waals surface area contributed by atoms with Crippen LogP contribution in [0.2, 0.25) is 0 Å². The van der Waals surface area contributed by atoms with Gasteiger partial charge < -0.3 is 15.5 Å². The first kappa shape index (κ1) is 17.0. The molecule has 23 heavy (non-hydrogen) atoms. The van der Waals surface area contributed by atoms with Gasteiger partial charge in [0.05, 0.1) is 5.56 Å². The zero-order chi connectivity index (χ0) is 17.0. The van der Waals surface area contributed by atoms with Gasteiger partial charge in [-0.05, 0) is 31.8 Å². The number of anilines is 3. The summed E-state index contributed by atoms with van der Waals surface area (Å²) in [5, 5.41) is 5.71.